The number of ether oxygens (including phenoxy) is 1. The van der Waals surface area contributed by atoms with Gasteiger partial charge in [-0.15, -0.1) is 0 Å². The fraction of sp³-hybridized carbons (Fsp3) is 0.769. The first-order valence-corrected chi connectivity index (χ1v) is 9.81. The topological polar surface area (TPSA) is 80.8 Å². The SMILES string of the molecule is CO[C@H]1C(=O)N2C(C(C)(C)C)=C(C)C(S(C)=O)S(=O)(=O)[C@H]12. The van der Waals surface area contributed by atoms with E-state index in [0.717, 1.165) is 0 Å². The van der Waals surface area contributed by atoms with Crippen LogP contribution in [0.5, 0.6) is 0 Å². The maximum atomic E-state index is 12.7. The van der Waals surface area contributed by atoms with E-state index in [0.29, 0.717) is 11.3 Å². The molecule has 1 fully saturated rings. The van der Waals surface area contributed by atoms with Crippen molar-refractivity contribution in [2.75, 3.05) is 13.4 Å². The molecule has 1 saturated heterocycles. The highest BCUT2D eigenvalue weighted by Gasteiger charge is 2.63. The lowest BCUT2D eigenvalue weighted by molar-refractivity contribution is -0.160. The van der Waals surface area contributed by atoms with Gasteiger partial charge in [-0.2, -0.15) is 0 Å². The molecule has 8 heteroatoms. The van der Waals surface area contributed by atoms with E-state index in [9.17, 15) is 17.4 Å². The van der Waals surface area contributed by atoms with E-state index in [1.165, 1.54) is 18.3 Å². The Morgan fingerprint density at radius 2 is 1.81 bits per heavy atom. The first-order valence-electron chi connectivity index (χ1n) is 6.58. The van der Waals surface area contributed by atoms with Gasteiger partial charge in [-0.05, 0) is 12.5 Å². The fourth-order valence-corrected chi connectivity index (χ4v) is 7.67. The van der Waals surface area contributed by atoms with Crippen LogP contribution in [0, 0.1) is 5.41 Å². The number of allylic oxidation sites excluding steroid dienone is 1. The van der Waals surface area contributed by atoms with Crippen LogP contribution in [-0.4, -0.2) is 52.9 Å². The number of hydrogen-bond donors (Lipinski definition) is 0. The molecule has 0 saturated carbocycles. The normalized spacial score (nSPS) is 33.5. The molecule has 1 amide bonds. The molecule has 0 bridgehead atoms. The van der Waals surface area contributed by atoms with Gasteiger partial charge < -0.3 is 4.74 Å². The summed E-state index contributed by atoms with van der Waals surface area (Å²) in [5.74, 6) is -0.351. The highest BCUT2D eigenvalue weighted by Crippen LogP contribution is 2.47. The summed E-state index contributed by atoms with van der Waals surface area (Å²) in [5, 5.41) is -1.07. The Morgan fingerprint density at radius 1 is 1.29 bits per heavy atom. The predicted octanol–water partition coefficient (Wildman–Crippen LogP) is 0.623. The Kier molecular flexibility index (Phi) is 3.87. The number of amides is 1. The molecule has 120 valence electrons. The number of hydrogen-bond acceptors (Lipinski definition) is 5. The van der Waals surface area contributed by atoms with Crippen LogP contribution >= 0.6 is 0 Å². The second kappa shape index (κ2) is 4.89. The Morgan fingerprint density at radius 3 is 2.19 bits per heavy atom. The molecule has 0 aromatic rings. The molecule has 0 N–H and O–H groups in total. The number of fused-ring (bicyclic) bond motifs is 1. The summed E-state index contributed by atoms with van der Waals surface area (Å²) >= 11 is 0. The minimum Gasteiger partial charge on any atom is -0.368 e. The lowest BCUT2D eigenvalue weighted by Gasteiger charge is -2.53. The number of carbonyl (C=O) groups excluding carboxylic acids is 1. The van der Waals surface area contributed by atoms with E-state index in [4.69, 9.17) is 4.74 Å². The van der Waals surface area contributed by atoms with E-state index in [1.807, 2.05) is 20.8 Å². The monoisotopic (exact) mass is 335 g/mol. The zero-order valence-electron chi connectivity index (χ0n) is 13.0. The van der Waals surface area contributed by atoms with Crippen LogP contribution in [-0.2, 0) is 30.2 Å². The summed E-state index contributed by atoms with van der Waals surface area (Å²) < 4.78 is 41.4. The smallest absolute Gasteiger partial charge is 0.260 e. The first kappa shape index (κ1) is 16.6. The number of carbonyl (C=O) groups is 1. The van der Waals surface area contributed by atoms with Gasteiger partial charge >= 0.3 is 0 Å². The largest absolute Gasteiger partial charge is 0.368 e. The molecule has 2 unspecified atom stereocenters. The van der Waals surface area contributed by atoms with Crippen molar-refractivity contribution in [3.63, 3.8) is 0 Å². The van der Waals surface area contributed by atoms with Crippen molar-refractivity contribution in [1.29, 1.82) is 0 Å². The Bertz CT molecular complexity index is 644. The van der Waals surface area contributed by atoms with Crippen LogP contribution in [0.4, 0.5) is 0 Å². The lowest BCUT2D eigenvalue weighted by Crippen LogP contribution is -2.72. The summed E-state index contributed by atoms with van der Waals surface area (Å²) in [6, 6.07) is 0. The molecule has 4 atom stereocenters. The third kappa shape index (κ3) is 2.19. The molecule has 0 spiro atoms. The molecule has 2 aliphatic rings. The Hall–Kier alpha value is -0.730. The molecular formula is C13H21NO5S2. The van der Waals surface area contributed by atoms with Crippen LogP contribution in [0.1, 0.15) is 27.7 Å². The van der Waals surface area contributed by atoms with Gasteiger partial charge in [0, 0.05) is 35.3 Å². The van der Waals surface area contributed by atoms with E-state index in [2.05, 4.69) is 0 Å². The minimum atomic E-state index is -3.78. The zero-order valence-corrected chi connectivity index (χ0v) is 14.7. The molecule has 2 rings (SSSR count). The first-order chi connectivity index (χ1) is 9.46. The van der Waals surface area contributed by atoms with Gasteiger partial charge in [0.1, 0.15) is 0 Å². The van der Waals surface area contributed by atoms with Crippen molar-refractivity contribution >= 4 is 26.5 Å². The summed E-state index contributed by atoms with van der Waals surface area (Å²) in [5.41, 5.74) is 0.702. The minimum absolute atomic E-state index is 0.351. The number of β-lactam (4-membered cyclic amide) rings is 1. The molecular weight excluding hydrogens is 314 g/mol. The van der Waals surface area contributed by atoms with Gasteiger partial charge in [-0.25, -0.2) is 8.42 Å². The van der Waals surface area contributed by atoms with E-state index in [-0.39, 0.29) is 5.91 Å². The average Bonchev–Trinajstić information content (AvgIpc) is 2.28. The second-order valence-electron chi connectivity index (χ2n) is 6.46. The number of nitrogens with zero attached hydrogens (tertiary/aromatic N) is 1. The molecule has 0 aromatic carbocycles. The van der Waals surface area contributed by atoms with E-state index < -0.39 is 42.1 Å². The molecule has 2 aliphatic heterocycles. The van der Waals surface area contributed by atoms with Crippen molar-refractivity contribution in [2.45, 2.75) is 43.8 Å². The van der Waals surface area contributed by atoms with Gasteiger partial charge in [0.25, 0.3) is 5.91 Å². The highest BCUT2D eigenvalue weighted by molar-refractivity contribution is 8.06. The van der Waals surface area contributed by atoms with Crippen LogP contribution < -0.4 is 0 Å². The van der Waals surface area contributed by atoms with Crippen molar-refractivity contribution in [2.24, 2.45) is 5.41 Å². The predicted molar refractivity (Wildman–Crippen MR) is 80.4 cm³/mol. The zero-order chi connectivity index (χ0) is 16.3. The molecule has 6 nitrogen and oxygen atoms in total. The molecule has 21 heavy (non-hydrogen) atoms. The fourth-order valence-electron chi connectivity index (χ4n) is 3.28. The van der Waals surface area contributed by atoms with Crippen molar-refractivity contribution in [1.82, 2.24) is 4.90 Å². The Balaban J connectivity index is 2.73. The molecule has 0 aromatic heterocycles. The molecule has 2 heterocycles. The van der Waals surface area contributed by atoms with Crippen molar-refractivity contribution in [3.8, 4) is 0 Å². The number of rotatable bonds is 2. The van der Waals surface area contributed by atoms with Crippen LogP contribution in [0.15, 0.2) is 11.3 Å². The van der Waals surface area contributed by atoms with Crippen molar-refractivity contribution < 1.29 is 22.2 Å². The quantitative estimate of drug-likeness (QED) is 0.691. The summed E-state index contributed by atoms with van der Waals surface area (Å²) in [6.45, 7) is 7.37. The van der Waals surface area contributed by atoms with Gasteiger partial charge in [0.15, 0.2) is 25.9 Å². The lowest BCUT2D eigenvalue weighted by atomic mass is 9.85. The summed E-state index contributed by atoms with van der Waals surface area (Å²) in [4.78, 5) is 13.5. The second-order valence-corrected chi connectivity index (χ2v) is 10.4. The molecule has 0 aliphatic carbocycles. The van der Waals surface area contributed by atoms with Crippen LogP contribution in [0.25, 0.3) is 0 Å². The molecule has 0 radical (unpaired) electrons. The number of methoxy groups -OCH3 is 1. The van der Waals surface area contributed by atoms with E-state index >= 15 is 0 Å². The summed E-state index contributed by atoms with van der Waals surface area (Å²) in [7, 11) is -4.04. The third-order valence-corrected chi connectivity index (χ3v) is 8.52. The van der Waals surface area contributed by atoms with E-state index in [1.54, 1.807) is 6.92 Å². The third-order valence-electron chi connectivity index (χ3n) is 3.86. The number of sulfone groups is 1. The van der Waals surface area contributed by atoms with Crippen molar-refractivity contribution in [3.05, 3.63) is 11.3 Å². The maximum Gasteiger partial charge on any atom is 0.260 e. The van der Waals surface area contributed by atoms with Crippen LogP contribution in [0.3, 0.4) is 0 Å². The maximum absolute atomic E-state index is 12.7. The van der Waals surface area contributed by atoms with Crippen LogP contribution in [0.2, 0.25) is 0 Å². The van der Waals surface area contributed by atoms with Gasteiger partial charge in [0.2, 0.25) is 0 Å². The standard InChI is InChI=1S/C13H21NO5S2/c1-7-9(13(2,3)4)14-10(15)8(19-5)11(14)21(17,18)12(7)20(6)16/h8,11-12H,1-6H3/t8-,11+,12?,20?/m0/s1. The van der Waals surface area contributed by atoms with Gasteiger partial charge in [-0.3, -0.25) is 13.9 Å². The van der Waals surface area contributed by atoms with Gasteiger partial charge in [-0.1, -0.05) is 20.8 Å². The highest BCUT2D eigenvalue weighted by atomic mass is 32.3. The average molecular weight is 335 g/mol. The van der Waals surface area contributed by atoms with Gasteiger partial charge in [0.05, 0.1) is 0 Å². The summed E-state index contributed by atoms with van der Waals surface area (Å²) in [6.07, 6.45) is 0.371. The Labute approximate surface area is 127 Å².